The summed E-state index contributed by atoms with van der Waals surface area (Å²) in [7, 11) is 0. The smallest absolute Gasteiger partial charge is 0.169 e. The van der Waals surface area contributed by atoms with Crippen molar-refractivity contribution < 1.29 is 0 Å². The van der Waals surface area contributed by atoms with Crippen LogP contribution >= 0.6 is 22.6 Å². The molecule has 6 nitrogen and oxygen atoms in total. The molecule has 0 atom stereocenters. The standard InChI is InChI=1S/C15H22IN3.C15H23N3/c1-5-7-12(8-6-2)13-9-10(3)17-15-14(16)11(4)18-19(13)15;1-5-7-13(8-6-2)14-9-11(3)16-15-10-12(4)17-18(14)15/h9,12H,5-8H2,1-4H3;9-10,13H,5-8H2,1-4H3. The molecule has 0 aliphatic rings. The second kappa shape index (κ2) is 13.7. The first-order valence-corrected chi connectivity index (χ1v) is 15.2. The number of fused-ring (bicyclic) bond motifs is 2. The number of rotatable bonds is 10. The van der Waals surface area contributed by atoms with Crippen molar-refractivity contribution in [3.8, 4) is 0 Å². The highest BCUT2D eigenvalue weighted by molar-refractivity contribution is 14.1. The Morgan fingerprint density at radius 2 is 1.14 bits per heavy atom. The van der Waals surface area contributed by atoms with Crippen LogP contribution in [0.2, 0.25) is 0 Å². The zero-order valence-corrected chi connectivity index (χ0v) is 26.3. The molecule has 0 unspecified atom stereocenters. The highest BCUT2D eigenvalue weighted by Crippen LogP contribution is 2.29. The van der Waals surface area contributed by atoms with Crippen molar-refractivity contribution in [2.24, 2.45) is 0 Å². The van der Waals surface area contributed by atoms with E-state index < -0.39 is 0 Å². The molecule has 4 heterocycles. The van der Waals surface area contributed by atoms with Gasteiger partial charge in [0.2, 0.25) is 0 Å². The Hall–Kier alpha value is -2.03. The minimum atomic E-state index is 0.592. The molecule has 0 bridgehead atoms. The van der Waals surface area contributed by atoms with Gasteiger partial charge in [-0.05, 0) is 88.1 Å². The van der Waals surface area contributed by atoms with Gasteiger partial charge in [0.25, 0.3) is 0 Å². The maximum Gasteiger partial charge on any atom is 0.169 e. The van der Waals surface area contributed by atoms with Gasteiger partial charge in [-0.15, -0.1) is 0 Å². The second-order valence-corrected chi connectivity index (χ2v) is 11.5. The third kappa shape index (κ3) is 7.09. The summed E-state index contributed by atoms with van der Waals surface area (Å²) >= 11 is 2.35. The molecular weight excluding hydrogens is 571 g/mol. The van der Waals surface area contributed by atoms with Gasteiger partial charge < -0.3 is 0 Å². The third-order valence-corrected chi connectivity index (χ3v) is 8.20. The molecule has 0 saturated heterocycles. The van der Waals surface area contributed by atoms with Gasteiger partial charge in [0, 0.05) is 40.7 Å². The second-order valence-electron chi connectivity index (χ2n) is 10.4. The van der Waals surface area contributed by atoms with Crippen LogP contribution in [0.5, 0.6) is 0 Å². The molecule has 4 rings (SSSR count). The zero-order valence-electron chi connectivity index (χ0n) is 24.1. The van der Waals surface area contributed by atoms with Gasteiger partial charge in [-0.2, -0.15) is 10.2 Å². The van der Waals surface area contributed by atoms with E-state index in [-0.39, 0.29) is 0 Å². The zero-order chi connectivity index (χ0) is 27.1. The van der Waals surface area contributed by atoms with E-state index in [0.29, 0.717) is 11.8 Å². The molecule has 0 radical (unpaired) electrons. The van der Waals surface area contributed by atoms with Gasteiger partial charge in [-0.1, -0.05) is 53.4 Å². The topological polar surface area (TPSA) is 60.4 Å². The molecular formula is C30H45IN6. The monoisotopic (exact) mass is 616 g/mol. The summed E-state index contributed by atoms with van der Waals surface area (Å²) in [6.45, 7) is 17.3. The van der Waals surface area contributed by atoms with E-state index in [9.17, 15) is 0 Å². The highest BCUT2D eigenvalue weighted by Gasteiger charge is 2.18. The number of aryl methyl sites for hydroxylation is 4. The Morgan fingerprint density at radius 1 is 0.649 bits per heavy atom. The van der Waals surface area contributed by atoms with Crippen molar-refractivity contribution in [1.29, 1.82) is 0 Å². The van der Waals surface area contributed by atoms with E-state index in [0.717, 1.165) is 34.1 Å². The molecule has 0 amide bonds. The Morgan fingerprint density at radius 3 is 1.65 bits per heavy atom. The summed E-state index contributed by atoms with van der Waals surface area (Å²) in [6.07, 6.45) is 9.76. The Kier molecular flexibility index (Phi) is 10.9. The fourth-order valence-corrected chi connectivity index (χ4v) is 5.80. The molecule has 0 aliphatic heterocycles. The fourth-order valence-electron chi connectivity index (χ4n) is 5.35. The van der Waals surface area contributed by atoms with Crippen LogP contribution in [0.25, 0.3) is 11.3 Å². The van der Waals surface area contributed by atoms with Gasteiger partial charge in [0.1, 0.15) is 0 Å². The Balaban J connectivity index is 0.000000206. The van der Waals surface area contributed by atoms with E-state index >= 15 is 0 Å². The summed E-state index contributed by atoms with van der Waals surface area (Å²) in [4.78, 5) is 9.21. The first kappa shape index (κ1) is 29.5. The number of halogens is 1. The first-order valence-electron chi connectivity index (χ1n) is 14.1. The Bertz CT molecular complexity index is 1290. The lowest BCUT2D eigenvalue weighted by molar-refractivity contribution is 0.533. The average Bonchev–Trinajstić information content (AvgIpc) is 3.36. The summed E-state index contributed by atoms with van der Waals surface area (Å²) in [5, 5.41) is 9.28. The van der Waals surface area contributed by atoms with Crippen LogP contribution in [0.1, 0.15) is 125 Å². The van der Waals surface area contributed by atoms with Crippen molar-refractivity contribution >= 4 is 33.9 Å². The molecule has 0 aromatic carbocycles. The van der Waals surface area contributed by atoms with Crippen molar-refractivity contribution in [2.75, 3.05) is 0 Å². The summed E-state index contributed by atoms with van der Waals surface area (Å²) in [5.74, 6) is 1.19. The molecule has 0 aliphatic carbocycles. The number of aromatic nitrogens is 6. The number of hydrogen-bond donors (Lipinski definition) is 0. The lowest BCUT2D eigenvalue weighted by Crippen LogP contribution is -2.08. The molecule has 0 saturated carbocycles. The SMILES string of the molecule is CCCC(CCC)c1cc(C)nc2c(I)c(C)nn12.CCCC(CCC)c1cc(C)nc2cc(C)nn12. The molecule has 0 fully saturated rings. The van der Waals surface area contributed by atoms with Gasteiger partial charge in [0.15, 0.2) is 11.3 Å². The largest absolute Gasteiger partial charge is 0.234 e. The molecule has 202 valence electrons. The molecule has 4 aromatic rings. The van der Waals surface area contributed by atoms with Crippen LogP contribution in [0, 0.1) is 31.3 Å². The maximum absolute atomic E-state index is 4.69. The van der Waals surface area contributed by atoms with Crippen molar-refractivity contribution in [3.63, 3.8) is 0 Å². The van der Waals surface area contributed by atoms with E-state index in [1.807, 2.05) is 11.4 Å². The van der Waals surface area contributed by atoms with Crippen LogP contribution in [-0.2, 0) is 0 Å². The van der Waals surface area contributed by atoms with Crippen LogP contribution in [-0.4, -0.2) is 29.2 Å². The highest BCUT2D eigenvalue weighted by atomic mass is 127. The maximum atomic E-state index is 4.69. The van der Waals surface area contributed by atoms with E-state index in [2.05, 4.69) is 114 Å². The number of hydrogen-bond acceptors (Lipinski definition) is 4. The van der Waals surface area contributed by atoms with Gasteiger partial charge >= 0.3 is 0 Å². The fraction of sp³-hybridized carbons (Fsp3) is 0.600. The summed E-state index contributed by atoms with van der Waals surface area (Å²) in [5.41, 5.74) is 8.97. The first-order chi connectivity index (χ1) is 17.7. The van der Waals surface area contributed by atoms with Crippen molar-refractivity contribution in [3.05, 3.63) is 55.9 Å². The van der Waals surface area contributed by atoms with Gasteiger partial charge in [0.05, 0.1) is 15.0 Å². The molecule has 37 heavy (non-hydrogen) atoms. The Labute approximate surface area is 236 Å². The van der Waals surface area contributed by atoms with Crippen molar-refractivity contribution in [1.82, 2.24) is 29.2 Å². The summed E-state index contributed by atoms with van der Waals surface area (Å²) in [6, 6.07) is 6.48. The van der Waals surface area contributed by atoms with E-state index in [1.54, 1.807) is 0 Å². The molecule has 4 aromatic heterocycles. The third-order valence-electron chi connectivity index (χ3n) is 6.94. The molecule has 7 heteroatoms. The predicted molar refractivity (Wildman–Crippen MR) is 163 cm³/mol. The van der Waals surface area contributed by atoms with Crippen molar-refractivity contribution in [2.45, 2.75) is 119 Å². The molecule has 0 spiro atoms. The van der Waals surface area contributed by atoms with Crippen LogP contribution < -0.4 is 0 Å². The quantitative estimate of drug-likeness (QED) is 0.167. The van der Waals surface area contributed by atoms with Gasteiger partial charge in [-0.3, -0.25) is 0 Å². The van der Waals surface area contributed by atoms with E-state index in [1.165, 1.54) is 66.3 Å². The summed E-state index contributed by atoms with van der Waals surface area (Å²) < 4.78 is 5.28. The minimum Gasteiger partial charge on any atom is -0.234 e. The lowest BCUT2D eigenvalue weighted by atomic mass is 9.94. The average molecular weight is 617 g/mol. The van der Waals surface area contributed by atoms with Gasteiger partial charge in [-0.25, -0.2) is 19.0 Å². The van der Waals surface area contributed by atoms with Crippen LogP contribution in [0.3, 0.4) is 0 Å². The molecule has 0 N–H and O–H groups in total. The number of nitrogens with zero attached hydrogens (tertiary/aromatic N) is 6. The predicted octanol–water partition coefficient (Wildman–Crippen LogP) is 8.66. The normalized spacial score (nSPS) is 11.6. The lowest BCUT2D eigenvalue weighted by Gasteiger charge is -2.17. The van der Waals surface area contributed by atoms with E-state index in [4.69, 9.17) is 0 Å². The minimum absolute atomic E-state index is 0.592. The van der Waals surface area contributed by atoms with Crippen LogP contribution in [0.15, 0.2) is 18.2 Å². The van der Waals surface area contributed by atoms with Crippen LogP contribution in [0.4, 0.5) is 0 Å².